The topological polar surface area (TPSA) is 72.3 Å². The van der Waals surface area contributed by atoms with E-state index in [-0.39, 0.29) is 11.4 Å². The van der Waals surface area contributed by atoms with Gasteiger partial charge in [-0.05, 0) is 28.1 Å². The van der Waals surface area contributed by atoms with Gasteiger partial charge in [-0.15, -0.1) is 0 Å². The number of fused-ring (bicyclic) bond motifs is 1. The molecule has 21 heavy (non-hydrogen) atoms. The number of carboxylic acid groups (broad SMARTS) is 1. The molecule has 2 heterocycles. The maximum atomic E-state index is 11.4. The molecule has 0 bridgehead atoms. The number of ether oxygens (including phenoxy) is 1. The number of carbonyl (C=O) groups is 1. The smallest absolute Gasteiger partial charge is 0.336 e. The number of para-hydroxylation sites is 1. The van der Waals surface area contributed by atoms with E-state index in [0.717, 1.165) is 4.47 Å². The van der Waals surface area contributed by atoms with Crippen LogP contribution in [0.15, 0.2) is 53.3 Å². The molecule has 2 aromatic heterocycles. The van der Waals surface area contributed by atoms with Crippen LogP contribution in [0.5, 0.6) is 11.6 Å². The predicted octanol–water partition coefficient (Wildman–Crippen LogP) is 3.88. The van der Waals surface area contributed by atoms with E-state index in [4.69, 9.17) is 4.74 Å². The molecule has 0 saturated carbocycles. The first kappa shape index (κ1) is 13.5. The maximum Gasteiger partial charge on any atom is 0.336 e. The highest BCUT2D eigenvalue weighted by atomic mass is 79.9. The van der Waals surface area contributed by atoms with Crippen molar-refractivity contribution >= 4 is 32.8 Å². The molecule has 0 amide bonds. The predicted molar refractivity (Wildman–Crippen MR) is 80.7 cm³/mol. The minimum Gasteiger partial charge on any atom is -0.478 e. The summed E-state index contributed by atoms with van der Waals surface area (Å²) in [6.45, 7) is 0. The highest BCUT2D eigenvalue weighted by Crippen LogP contribution is 2.26. The lowest BCUT2D eigenvalue weighted by atomic mass is 10.1. The summed E-state index contributed by atoms with van der Waals surface area (Å²) in [4.78, 5) is 19.7. The summed E-state index contributed by atoms with van der Waals surface area (Å²) in [5.41, 5.74) is 0.717. The van der Waals surface area contributed by atoms with Gasteiger partial charge in [0.05, 0.1) is 17.3 Å². The largest absolute Gasteiger partial charge is 0.478 e. The van der Waals surface area contributed by atoms with E-state index < -0.39 is 5.97 Å². The summed E-state index contributed by atoms with van der Waals surface area (Å²) >= 11 is 3.30. The second-order valence-electron chi connectivity index (χ2n) is 4.27. The number of aromatic carboxylic acids is 1. The first-order valence-electron chi connectivity index (χ1n) is 6.05. The van der Waals surface area contributed by atoms with E-state index in [0.29, 0.717) is 16.7 Å². The van der Waals surface area contributed by atoms with Crippen molar-refractivity contribution in [1.29, 1.82) is 0 Å². The molecule has 0 fully saturated rings. The van der Waals surface area contributed by atoms with Gasteiger partial charge in [-0.25, -0.2) is 9.78 Å². The summed E-state index contributed by atoms with van der Waals surface area (Å²) in [5.74, 6) is -0.333. The van der Waals surface area contributed by atoms with Crippen LogP contribution in [0.3, 0.4) is 0 Å². The van der Waals surface area contributed by atoms with Crippen molar-refractivity contribution in [2.75, 3.05) is 0 Å². The van der Waals surface area contributed by atoms with E-state index in [1.807, 2.05) is 0 Å². The van der Waals surface area contributed by atoms with E-state index in [1.54, 1.807) is 36.5 Å². The second kappa shape index (κ2) is 5.49. The van der Waals surface area contributed by atoms with E-state index >= 15 is 0 Å². The zero-order valence-electron chi connectivity index (χ0n) is 10.7. The Morgan fingerprint density at radius 2 is 2.00 bits per heavy atom. The normalized spacial score (nSPS) is 10.5. The lowest BCUT2D eigenvalue weighted by Gasteiger charge is -2.08. The van der Waals surface area contributed by atoms with Gasteiger partial charge in [0.2, 0.25) is 5.88 Å². The number of halogens is 1. The van der Waals surface area contributed by atoms with E-state index in [2.05, 4.69) is 25.9 Å². The van der Waals surface area contributed by atoms with Crippen molar-refractivity contribution in [3.05, 3.63) is 58.8 Å². The Morgan fingerprint density at radius 1 is 1.19 bits per heavy atom. The molecule has 0 spiro atoms. The number of hydrogen-bond donors (Lipinski definition) is 1. The molecule has 0 aliphatic rings. The highest BCUT2D eigenvalue weighted by Gasteiger charge is 2.12. The Hall–Kier alpha value is -2.47. The fraction of sp³-hybridized carbons (Fsp3) is 0. The van der Waals surface area contributed by atoms with Crippen LogP contribution < -0.4 is 4.74 Å². The van der Waals surface area contributed by atoms with Crippen molar-refractivity contribution in [3.8, 4) is 11.6 Å². The Morgan fingerprint density at radius 3 is 2.76 bits per heavy atom. The van der Waals surface area contributed by atoms with Crippen molar-refractivity contribution in [2.45, 2.75) is 0 Å². The molecule has 0 unspecified atom stereocenters. The van der Waals surface area contributed by atoms with Gasteiger partial charge in [-0.1, -0.05) is 18.2 Å². The second-order valence-corrected chi connectivity index (χ2v) is 5.19. The van der Waals surface area contributed by atoms with Crippen LogP contribution in [0.4, 0.5) is 0 Å². The number of hydrogen-bond acceptors (Lipinski definition) is 4. The van der Waals surface area contributed by atoms with Crippen LogP contribution in [0, 0.1) is 0 Å². The van der Waals surface area contributed by atoms with Crippen LogP contribution in [-0.4, -0.2) is 21.0 Å². The molecule has 0 aliphatic carbocycles. The van der Waals surface area contributed by atoms with Gasteiger partial charge in [0, 0.05) is 22.1 Å². The summed E-state index contributed by atoms with van der Waals surface area (Å²) in [7, 11) is 0. The number of nitrogens with zero attached hydrogens (tertiary/aromatic N) is 2. The Kier molecular flexibility index (Phi) is 3.53. The Bertz CT molecular complexity index is 836. The fourth-order valence-electron chi connectivity index (χ4n) is 1.95. The van der Waals surface area contributed by atoms with Gasteiger partial charge in [0.25, 0.3) is 0 Å². The molecular formula is C15H9BrN2O3. The minimum absolute atomic E-state index is 0.151. The molecule has 5 nitrogen and oxygen atoms in total. The number of aromatic nitrogens is 2. The van der Waals surface area contributed by atoms with Crippen LogP contribution >= 0.6 is 15.9 Å². The summed E-state index contributed by atoms with van der Waals surface area (Å²) in [6.07, 6.45) is 3.16. The first-order chi connectivity index (χ1) is 10.1. The van der Waals surface area contributed by atoms with Gasteiger partial charge in [-0.2, -0.15) is 0 Å². The number of rotatable bonds is 3. The average Bonchev–Trinajstić information content (AvgIpc) is 2.46. The van der Waals surface area contributed by atoms with Gasteiger partial charge >= 0.3 is 5.97 Å². The fourth-order valence-corrected chi connectivity index (χ4v) is 2.29. The van der Waals surface area contributed by atoms with Crippen LogP contribution in [0.1, 0.15) is 10.4 Å². The summed E-state index contributed by atoms with van der Waals surface area (Å²) in [6, 6.07) is 10.2. The molecule has 3 rings (SSSR count). The van der Waals surface area contributed by atoms with Gasteiger partial charge < -0.3 is 9.84 Å². The van der Waals surface area contributed by atoms with Crippen molar-refractivity contribution in [2.24, 2.45) is 0 Å². The number of benzene rings is 1. The molecule has 0 radical (unpaired) electrons. The van der Waals surface area contributed by atoms with Crippen LogP contribution in [0.2, 0.25) is 0 Å². The van der Waals surface area contributed by atoms with Crippen LogP contribution in [-0.2, 0) is 0 Å². The average molecular weight is 345 g/mol. The van der Waals surface area contributed by atoms with Gasteiger partial charge in [-0.3, -0.25) is 4.98 Å². The third-order valence-corrected chi connectivity index (χ3v) is 3.26. The lowest BCUT2D eigenvalue weighted by molar-refractivity contribution is 0.0698. The number of carboxylic acids is 1. The number of pyridine rings is 2. The third kappa shape index (κ3) is 2.85. The molecule has 6 heteroatoms. The standard InChI is InChI=1S/C15H9BrN2O3/c16-9-5-10(8-17-7-9)21-14-6-12(15(19)20)11-3-1-2-4-13(11)18-14/h1-8H,(H,19,20). The van der Waals surface area contributed by atoms with E-state index in [9.17, 15) is 9.90 Å². The third-order valence-electron chi connectivity index (χ3n) is 2.83. The maximum absolute atomic E-state index is 11.4. The van der Waals surface area contributed by atoms with Gasteiger partial charge in [0.1, 0.15) is 5.75 Å². The summed E-state index contributed by atoms with van der Waals surface area (Å²) in [5, 5.41) is 9.89. The van der Waals surface area contributed by atoms with Crippen LogP contribution in [0.25, 0.3) is 10.9 Å². The van der Waals surface area contributed by atoms with Gasteiger partial charge in [0.15, 0.2) is 0 Å². The molecule has 0 atom stereocenters. The Balaban J connectivity index is 2.09. The molecule has 0 saturated heterocycles. The SMILES string of the molecule is O=C(O)c1cc(Oc2cncc(Br)c2)nc2ccccc12. The zero-order valence-corrected chi connectivity index (χ0v) is 12.2. The molecule has 0 aliphatic heterocycles. The molecule has 3 aromatic rings. The highest BCUT2D eigenvalue weighted by molar-refractivity contribution is 9.10. The van der Waals surface area contributed by atoms with Crippen molar-refractivity contribution in [3.63, 3.8) is 0 Å². The molecule has 1 N–H and O–H groups in total. The summed E-state index contributed by atoms with van der Waals surface area (Å²) < 4.78 is 6.35. The zero-order chi connectivity index (χ0) is 14.8. The Labute approximate surface area is 128 Å². The minimum atomic E-state index is -1.02. The molecular weight excluding hydrogens is 336 g/mol. The first-order valence-corrected chi connectivity index (χ1v) is 6.84. The monoisotopic (exact) mass is 344 g/mol. The quantitative estimate of drug-likeness (QED) is 0.780. The molecule has 104 valence electrons. The van der Waals surface area contributed by atoms with Crippen molar-refractivity contribution in [1.82, 2.24) is 9.97 Å². The van der Waals surface area contributed by atoms with E-state index in [1.165, 1.54) is 12.3 Å². The van der Waals surface area contributed by atoms with Crippen molar-refractivity contribution < 1.29 is 14.6 Å². The lowest BCUT2D eigenvalue weighted by Crippen LogP contribution is -2.00. The molecule has 1 aromatic carbocycles.